The summed E-state index contributed by atoms with van der Waals surface area (Å²) < 4.78 is 5.22. The van der Waals surface area contributed by atoms with E-state index in [0.717, 1.165) is 18.2 Å². The maximum Gasteiger partial charge on any atom is 0.180 e. The topological polar surface area (TPSA) is 38.1 Å². The van der Waals surface area contributed by atoms with Crippen molar-refractivity contribution in [2.75, 3.05) is 0 Å². The molecule has 0 amide bonds. The van der Waals surface area contributed by atoms with Gasteiger partial charge in [-0.05, 0) is 25.7 Å². The smallest absolute Gasteiger partial charge is 0.180 e. The minimum absolute atomic E-state index is 0.586. The molecule has 0 bridgehead atoms. The fourth-order valence-electron chi connectivity index (χ4n) is 2.57. The Kier molecular flexibility index (Phi) is 4.40. The van der Waals surface area contributed by atoms with Gasteiger partial charge in [0.25, 0.3) is 0 Å². The van der Waals surface area contributed by atoms with E-state index in [0.29, 0.717) is 6.04 Å². The third-order valence-electron chi connectivity index (χ3n) is 3.69. The van der Waals surface area contributed by atoms with Gasteiger partial charge in [0.2, 0.25) is 0 Å². The van der Waals surface area contributed by atoms with Crippen molar-refractivity contribution in [1.29, 1.82) is 0 Å². The van der Waals surface area contributed by atoms with Crippen molar-refractivity contribution in [3.63, 3.8) is 0 Å². The average Bonchev–Trinajstić information content (AvgIpc) is 2.66. The first-order valence-corrected chi connectivity index (χ1v) is 6.47. The van der Waals surface area contributed by atoms with E-state index >= 15 is 0 Å². The van der Waals surface area contributed by atoms with E-state index in [9.17, 15) is 0 Å². The molecule has 0 aromatic carbocycles. The molecule has 1 N–H and O–H groups in total. The quantitative estimate of drug-likeness (QED) is 0.795. The Labute approximate surface area is 97.6 Å². The maximum absolute atomic E-state index is 5.22. The lowest BCUT2D eigenvalue weighted by Gasteiger charge is -2.23. The largest absolute Gasteiger partial charge is 0.447 e. The van der Waals surface area contributed by atoms with E-state index in [1.807, 2.05) is 0 Å². The molecular weight excluding hydrogens is 200 g/mol. The molecule has 3 nitrogen and oxygen atoms in total. The zero-order chi connectivity index (χ0) is 11.2. The van der Waals surface area contributed by atoms with Crippen molar-refractivity contribution in [1.82, 2.24) is 10.3 Å². The fourth-order valence-corrected chi connectivity index (χ4v) is 2.57. The van der Waals surface area contributed by atoms with Crippen LogP contribution in [0.5, 0.6) is 0 Å². The highest BCUT2D eigenvalue weighted by atomic mass is 16.3. The van der Waals surface area contributed by atoms with E-state index in [-0.39, 0.29) is 0 Å². The Bertz CT molecular complexity index is 276. The molecule has 0 saturated heterocycles. The molecule has 1 fully saturated rings. The minimum atomic E-state index is 0.586. The molecule has 0 aliphatic heterocycles. The first-order chi connectivity index (χ1) is 7.86. The van der Waals surface area contributed by atoms with Crippen LogP contribution < -0.4 is 5.32 Å². The standard InChI is InChI=1S/C13H22N2O/c1-11(12-6-4-2-3-5-7-12)15-9-13-8-14-10-16-13/h8,10-12,15H,2-7,9H2,1H3/t11-/m1/s1. The molecule has 0 unspecified atom stereocenters. The van der Waals surface area contributed by atoms with Crippen molar-refractivity contribution >= 4 is 0 Å². The number of aromatic nitrogens is 1. The Hall–Kier alpha value is -0.830. The van der Waals surface area contributed by atoms with Crippen molar-refractivity contribution in [3.05, 3.63) is 18.4 Å². The summed E-state index contributed by atoms with van der Waals surface area (Å²) in [7, 11) is 0. The predicted molar refractivity (Wildman–Crippen MR) is 64.0 cm³/mol. The monoisotopic (exact) mass is 222 g/mol. The molecule has 90 valence electrons. The summed E-state index contributed by atoms with van der Waals surface area (Å²) in [6.45, 7) is 3.10. The van der Waals surface area contributed by atoms with E-state index < -0.39 is 0 Å². The van der Waals surface area contributed by atoms with Crippen LogP contribution in [0.25, 0.3) is 0 Å². The Morgan fingerprint density at radius 2 is 2.12 bits per heavy atom. The van der Waals surface area contributed by atoms with Crippen molar-refractivity contribution < 1.29 is 4.42 Å². The number of nitrogens with one attached hydrogen (secondary N) is 1. The molecule has 1 aliphatic rings. The van der Waals surface area contributed by atoms with Gasteiger partial charge in [-0.15, -0.1) is 0 Å². The van der Waals surface area contributed by atoms with Gasteiger partial charge in [-0.3, -0.25) is 0 Å². The van der Waals surface area contributed by atoms with E-state index in [4.69, 9.17) is 4.42 Å². The molecular formula is C13H22N2O. The summed E-state index contributed by atoms with van der Waals surface area (Å²) in [5.74, 6) is 1.77. The lowest BCUT2D eigenvalue weighted by Crippen LogP contribution is -2.32. The van der Waals surface area contributed by atoms with Crippen LogP contribution in [-0.4, -0.2) is 11.0 Å². The predicted octanol–water partition coefficient (Wildman–Crippen LogP) is 3.12. The number of hydrogen-bond acceptors (Lipinski definition) is 3. The van der Waals surface area contributed by atoms with Gasteiger partial charge in [0, 0.05) is 6.04 Å². The molecule has 16 heavy (non-hydrogen) atoms. The van der Waals surface area contributed by atoms with Gasteiger partial charge in [-0.2, -0.15) is 0 Å². The van der Waals surface area contributed by atoms with Crippen molar-refractivity contribution in [3.8, 4) is 0 Å². The molecule has 0 spiro atoms. The second-order valence-corrected chi connectivity index (χ2v) is 4.89. The summed E-state index contributed by atoms with van der Waals surface area (Å²) in [4.78, 5) is 3.92. The van der Waals surface area contributed by atoms with E-state index in [1.54, 1.807) is 6.20 Å². The lowest BCUT2D eigenvalue weighted by atomic mass is 9.93. The Balaban J connectivity index is 1.75. The summed E-state index contributed by atoms with van der Waals surface area (Å²) in [5, 5.41) is 3.55. The molecule has 1 aromatic heterocycles. The van der Waals surface area contributed by atoms with Gasteiger partial charge in [0.1, 0.15) is 5.76 Å². The van der Waals surface area contributed by atoms with Crippen LogP contribution in [0.1, 0.15) is 51.2 Å². The van der Waals surface area contributed by atoms with Crippen LogP contribution in [0.3, 0.4) is 0 Å². The van der Waals surface area contributed by atoms with Gasteiger partial charge in [0.05, 0.1) is 12.7 Å². The second-order valence-electron chi connectivity index (χ2n) is 4.89. The lowest BCUT2D eigenvalue weighted by molar-refractivity contribution is 0.326. The third-order valence-corrected chi connectivity index (χ3v) is 3.69. The first-order valence-electron chi connectivity index (χ1n) is 6.47. The molecule has 1 aromatic rings. The zero-order valence-corrected chi connectivity index (χ0v) is 10.1. The van der Waals surface area contributed by atoms with Gasteiger partial charge in [-0.25, -0.2) is 4.98 Å². The van der Waals surface area contributed by atoms with Crippen LogP contribution in [-0.2, 0) is 6.54 Å². The molecule has 2 rings (SSSR count). The molecule has 1 heterocycles. The molecule has 0 radical (unpaired) electrons. The van der Waals surface area contributed by atoms with E-state index in [2.05, 4.69) is 17.2 Å². The van der Waals surface area contributed by atoms with Gasteiger partial charge < -0.3 is 9.73 Å². The number of oxazole rings is 1. The van der Waals surface area contributed by atoms with Gasteiger partial charge >= 0.3 is 0 Å². The molecule has 1 aliphatic carbocycles. The maximum atomic E-state index is 5.22. The minimum Gasteiger partial charge on any atom is -0.447 e. The highest BCUT2D eigenvalue weighted by Gasteiger charge is 2.18. The van der Waals surface area contributed by atoms with Gasteiger partial charge in [0.15, 0.2) is 6.39 Å². The SMILES string of the molecule is C[C@@H](NCc1cnco1)C1CCCCCC1. The summed E-state index contributed by atoms with van der Waals surface area (Å²) in [5.41, 5.74) is 0. The number of rotatable bonds is 4. The summed E-state index contributed by atoms with van der Waals surface area (Å²) in [6.07, 6.45) is 11.7. The zero-order valence-electron chi connectivity index (χ0n) is 10.1. The third kappa shape index (κ3) is 3.34. The second kappa shape index (κ2) is 6.04. The Morgan fingerprint density at radius 3 is 2.75 bits per heavy atom. The molecule has 3 heteroatoms. The summed E-state index contributed by atoms with van der Waals surface area (Å²) >= 11 is 0. The first kappa shape index (κ1) is 11.6. The van der Waals surface area contributed by atoms with Crippen molar-refractivity contribution in [2.24, 2.45) is 5.92 Å². The normalized spacial score (nSPS) is 20.6. The van der Waals surface area contributed by atoms with Crippen LogP contribution in [0.15, 0.2) is 17.0 Å². The van der Waals surface area contributed by atoms with Crippen LogP contribution >= 0.6 is 0 Å². The van der Waals surface area contributed by atoms with Crippen molar-refractivity contribution in [2.45, 2.75) is 58.0 Å². The molecule has 1 atom stereocenters. The summed E-state index contributed by atoms with van der Waals surface area (Å²) in [6, 6.07) is 0.586. The fraction of sp³-hybridized carbons (Fsp3) is 0.769. The number of nitrogens with zero attached hydrogens (tertiary/aromatic N) is 1. The van der Waals surface area contributed by atoms with E-state index in [1.165, 1.54) is 44.9 Å². The highest BCUT2D eigenvalue weighted by molar-refractivity contribution is 4.88. The van der Waals surface area contributed by atoms with Crippen LogP contribution in [0.4, 0.5) is 0 Å². The molecule has 1 saturated carbocycles. The Morgan fingerprint density at radius 1 is 1.38 bits per heavy atom. The van der Waals surface area contributed by atoms with Crippen LogP contribution in [0.2, 0.25) is 0 Å². The van der Waals surface area contributed by atoms with Crippen LogP contribution in [0, 0.1) is 5.92 Å². The van der Waals surface area contributed by atoms with Gasteiger partial charge in [-0.1, -0.05) is 25.7 Å². The average molecular weight is 222 g/mol. The highest BCUT2D eigenvalue weighted by Crippen LogP contribution is 2.25. The number of hydrogen-bond donors (Lipinski definition) is 1.